The molecular formula is C12H18BrN3. The Balaban J connectivity index is 3.09. The van der Waals surface area contributed by atoms with Crippen LogP contribution in [-0.4, -0.2) is 19.4 Å². The second kappa shape index (κ2) is 5.34. The standard InChI is InChI=1S/C12H18BrN3/c1-8(2)7-16(3)11-6-9(13)4-5-10(11)12(14)15/h4-6,8H,7H2,1-3H3,(H3,14,15). The molecule has 0 spiro atoms. The molecule has 1 rings (SSSR count). The summed E-state index contributed by atoms with van der Waals surface area (Å²) in [6.45, 7) is 5.28. The van der Waals surface area contributed by atoms with E-state index in [0.717, 1.165) is 22.3 Å². The van der Waals surface area contributed by atoms with Gasteiger partial charge in [-0.15, -0.1) is 0 Å². The Morgan fingerprint density at radius 1 is 1.50 bits per heavy atom. The van der Waals surface area contributed by atoms with Crippen LogP contribution < -0.4 is 10.6 Å². The Bertz CT molecular complexity index is 388. The summed E-state index contributed by atoms with van der Waals surface area (Å²) in [7, 11) is 2.02. The first kappa shape index (κ1) is 13.0. The van der Waals surface area contributed by atoms with Gasteiger partial charge in [0.1, 0.15) is 5.84 Å². The van der Waals surface area contributed by atoms with E-state index >= 15 is 0 Å². The lowest BCUT2D eigenvalue weighted by Crippen LogP contribution is -2.26. The fourth-order valence-corrected chi connectivity index (χ4v) is 2.04. The molecule has 0 aromatic heterocycles. The van der Waals surface area contributed by atoms with Crippen LogP contribution in [0.2, 0.25) is 0 Å². The van der Waals surface area contributed by atoms with E-state index in [4.69, 9.17) is 11.1 Å². The van der Waals surface area contributed by atoms with Crippen molar-refractivity contribution in [1.29, 1.82) is 5.41 Å². The van der Waals surface area contributed by atoms with Crippen molar-refractivity contribution in [1.82, 2.24) is 0 Å². The summed E-state index contributed by atoms with van der Waals surface area (Å²) in [6.07, 6.45) is 0. The van der Waals surface area contributed by atoms with Crippen LogP contribution in [0.5, 0.6) is 0 Å². The SMILES string of the molecule is CC(C)CN(C)c1cc(Br)ccc1C(=N)N. The predicted molar refractivity (Wildman–Crippen MR) is 73.3 cm³/mol. The Labute approximate surface area is 105 Å². The molecule has 0 radical (unpaired) electrons. The summed E-state index contributed by atoms with van der Waals surface area (Å²) in [5, 5.41) is 7.56. The average Bonchev–Trinajstić information content (AvgIpc) is 2.15. The fraction of sp³-hybridized carbons (Fsp3) is 0.417. The Hall–Kier alpha value is -1.03. The summed E-state index contributed by atoms with van der Waals surface area (Å²) >= 11 is 3.44. The molecule has 0 bridgehead atoms. The molecule has 0 saturated heterocycles. The van der Waals surface area contributed by atoms with Gasteiger partial charge in [0.25, 0.3) is 0 Å². The lowest BCUT2D eigenvalue weighted by molar-refractivity contribution is 0.638. The largest absolute Gasteiger partial charge is 0.384 e. The highest BCUT2D eigenvalue weighted by molar-refractivity contribution is 9.10. The molecule has 0 aliphatic heterocycles. The minimum absolute atomic E-state index is 0.109. The van der Waals surface area contributed by atoms with Gasteiger partial charge < -0.3 is 10.6 Å². The molecule has 0 heterocycles. The van der Waals surface area contributed by atoms with Gasteiger partial charge in [0.2, 0.25) is 0 Å². The van der Waals surface area contributed by atoms with Crippen LogP contribution in [0.4, 0.5) is 5.69 Å². The van der Waals surface area contributed by atoms with Crippen molar-refractivity contribution in [3.63, 3.8) is 0 Å². The maximum atomic E-state index is 7.56. The third-order valence-electron chi connectivity index (χ3n) is 2.30. The van der Waals surface area contributed by atoms with E-state index in [-0.39, 0.29) is 5.84 Å². The number of halogens is 1. The molecule has 88 valence electrons. The number of rotatable bonds is 4. The Kier molecular flexibility index (Phi) is 4.35. The quantitative estimate of drug-likeness (QED) is 0.660. The van der Waals surface area contributed by atoms with Gasteiger partial charge in [0.15, 0.2) is 0 Å². The van der Waals surface area contributed by atoms with Gasteiger partial charge in [-0.2, -0.15) is 0 Å². The second-order valence-corrected chi connectivity index (χ2v) is 5.27. The molecular weight excluding hydrogens is 266 g/mol. The second-order valence-electron chi connectivity index (χ2n) is 4.35. The lowest BCUT2D eigenvalue weighted by atomic mass is 10.1. The third-order valence-corrected chi connectivity index (χ3v) is 2.79. The van der Waals surface area contributed by atoms with Crippen molar-refractivity contribution in [2.75, 3.05) is 18.5 Å². The Morgan fingerprint density at radius 3 is 2.62 bits per heavy atom. The first-order valence-electron chi connectivity index (χ1n) is 5.27. The van der Waals surface area contributed by atoms with E-state index in [1.54, 1.807) is 0 Å². The molecule has 0 atom stereocenters. The minimum atomic E-state index is 0.109. The van der Waals surface area contributed by atoms with Crippen LogP contribution in [0.1, 0.15) is 19.4 Å². The van der Waals surface area contributed by atoms with Crippen LogP contribution in [0.25, 0.3) is 0 Å². The predicted octanol–water partition coefficient (Wildman–Crippen LogP) is 2.83. The van der Waals surface area contributed by atoms with Crippen LogP contribution in [0.3, 0.4) is 0 Å². The van der Waals surface area contributed by atoms with Gasteiger partial charge in [-0.3, -0.25) is 5.41 Å². The van der Waals surface area contributed by atoms with Crippen molar-refractivity contribution < 1.29 is 0 Å². The van der Waals surface area contributed by atoms with E-state index < -0.39 is 0 Å². The monoisotopic (exact) mass is 283 g/mol. The molecule has 0 aliphatic rings. The number of anilines is 1. The highest BCUT2D eigenvalue weighted by Gasteiger charge is 2.11. The van der Waals surface area contributed by atoms with Gasteiger partial charge in [-0.05, 0) is 24.1 Å². The van der Waals surface area contributed by atoms with Crippen molar-refractivity contribution in [2.24, 2.45) is 11.7 Å². The van der Waals surface area contributed by atoms with Crippen LogP contribution >= 0.6 is 15.9 Å². The normalized spacial score (nSPS) is 10.6. The third kappa shape index (κ3) is 3.23. The molecule has 0 saturated carbocycles. The van der Waals surface area contributed by atoms with E-state index in [1.807, 2.05) is 25.2 Å². The summed E-state index contributed by atoms with van der Waals surface area (Å²) < 4.78 is 1.00. The number of amidine groups is 1. The highest BCUT2D eigenvalue weighted by atomic mass is 79.9. The molecule has 16 heavy (non-hydrogen) atoms. The maximum absolute atomic E-state index is 7.56. The molecule has 1 aromatic rings. The van der Waals surface area contributed by atoms with Gasteiger partial charge in [0, 0.05) is 29.3 Å². The topological polar surface area (TPSA) is 53.1 Å². The van der Waals surface area contributed by atoms with Gasteiger partial charge >= 0.3 is 0 Å². The van der Waals surface area contributed by atoms with E-state index in [0.29, 0.717) is 5.92 Å². The number of benzene rings is 1. The van der Waals surface area contributed by atoms with Gasteiger partial charge in [-0.25, -0.2) is 0 Å². The zero-order valence-electron chi connectivity index (χ0n) is 9.92. The number of nitrogens with two attached hydrogens (primary N) is 1. The summed E-state index contributed by atoms with van der Waals surface area (Å²) in [4.78, 5) is 2.13. The number of nitrogens with one attached hydrogen (secondary N) is 1. The number of nitrogen functional groups attached to an aromatic ring is 1. The van der Waals surface area contributed by atoms with E-state index in [9.17, 15) is 0 Å². The first-order valence-corrected chi connectivity index (χ1v) is 6.06. The van der Waals surface area contributed by atoms with Gasteiger partial charge in [-0.1, -0.05) is 29.8 Å². The van der Waals surface area contributed by atoms with Crippen LogP contribution in [0.15, 0.2) is 22.7 Å². The zero-order chi connectivity index (χ0) is 12.3. The van der Waals surface area contributed by atoms with Gasteiger partial charge in [0.05, 0.1) is 0 Å². The average molecular weight is 284 g/mol. The zero-order valence-corrected chi connectivity index (χ0v) is 11.5. The molecule has 4 heteroatoms. The summed E-state index contributed by atoms with van der Waals surface area (Å²) in [6, 6.07) is 5.78. The highest BCUT2D eigenvalue weighted by Crippen LogP contribution is 2.24. The van der Waals surface area contributed by atoms with E-state index in [1.165, 1.54) is 0 Å². The fourth-order valence-electron chi connectivity index (χ4n) is 1.69. The first-order chi connectivity index (χ1) is 7.41. The van der Waals surface area contributed by atoms with Crippen molar-refractivity contribution in [3.05, 3.63) is 28.2 Å². The van der Waals surface area contributed by atoms with Crippen molar-refractivity contribution >= 4 is 27.5 Å². The molecule has 3 nitrogen and oxygen atoms in total. The molecule has 3 N–H and O–H groups in total. The van der Waals surface area contributed by atoms with Crippen molar-refractivity contribution in [2.45, 2.75) is 13.8 Å². The van der Waals surface area contributed by atoms with E-state index in [2.05, 4.69) is 34.7 Å². The number of nitrogens with zero attached hydrogens (tertiary/aromatic N) is 1. The summed E-state index contributed by atoms with van der Waals surface area (Å²) in [5.41, 5.74) is 7.35. The Morgan fingerprint density at radius 2 is 2.12 bits per heavy atom. The minimum Gasteiger partial charge on any atom is -0.384 e. The van der Waals surface area contributed by atoms with Crippen molar-refractivity contribution in [3.8, 4) is 0 Å². The summed E-state index contributed by atoms with van der Waals surface area (Å²) in [5.74, 6) is 0.682. The van der Waals surface area contributed by atoms with Crippen LogP contribution in [-0.2, 0) is 0 Å². The van der Waals surface area contributed by atoms with Crippen LogP contribution in [0, 0.1) is 11.3 Å². The number of hydrogen-bond donors (Lipinski definition) is 2. The molecule has 0 aliphatic carbocycles. The lowest BCUT2D eigenvalue weighted by Gasteiger charge is -2.24. The molecule has 0 unspecified atom stereocenters. The number of hydrogen-bond acceptors (Lipinski definition) is 2. The molecule has 0 fully saturated rings. The molecule has 0 amide bonds. The smallest absolute Gasteiger partial charge is 0.124 e. The molecule has 1 aromatic carbocycles. The maximum Gasteiger partial charge on any atom is 0.124 e.